The standard InChI is InChI=1S/C14H17NO3S2/c1-14(16,9-15-20(17,18)11-6-7-11)13-8-10-4-2-3-5-12(10)19-13/h2-5,8,11,15-16H,6-7,9H2,1H3/t14-/m1/s1. The third kappa shape index (κ3) is 2.74. The molecule has 4 nitrogen and oxygen atoms in total. The minimum absolute atomic E-state index is 0.0126. The maximum Gasteiger partial charge on any atom is 0.214 e. The molecule has 0 unspecified atom stereocenters. The minimum Gasteiger partial charge on any atom is -0.383 e. The summed E-state index contributed by atoms with van der Waals surface area (Å²) in [6, 6.07) is 9.80. The smallest absolute Gasteiger partial charge is 0.214 e. The van der Waals surface area contributed by atoms with Gasteiger partial charge in [0.25, 0.3) is 0 Å². The summed E-state index contributed by atoms with van der Waals surface area (Å²) in [5.74, 6) is 0. The number of rotatable bonds is 5. The van der Waals surface area contributed by atoms with Gasteiger partial charge in [-0.15, -0.1) is 11.3 Å². The van der Waals surface area contributed by atoms with E-state index >= 15 is 0 Å². The van der Waals surface area contributed by atoms with Crippen molar-refractivity contribution in [3.8, 4) is 0 Å². The summed E-state index contributed by atoms with van der Waals surface area (Å²) in [4.78, 5) is 0.775. The van der Waals surface area contributed by atoms with Crippen LogP contribution >= 0.6 is 11.3 Å². The van der Waals surface area contributed by atoms with Gasteiger partial charge in [0.1, 0.15) is 5.60 Å². The molecule has 1 heterocycles. The Hall–Kier alpha value is -0.950. The van der Waals surface area contributed by atoms with E-state index in [4.69, 9.17) is 0 Å². The van der Waals surface area contributed by atoms with Gasteiger partial charge in [0.2, 0.25) is 10.0 Å². The van der Waals surface area contributed by atoms with Gasteiger partial charge in [-0.3, -0.25) is 0 Å². The molecule has 0 saturated heterocycles. The molecule has 0 amide bonds. The van der Waals surface area contributed by atoms with Gasteiger partial charge in [-0.25, -0.2) is 13.1 Å². The number of fused-ring (bicyclic) bond motifs is 1. The molecule has 0 bridgehead atoms. The number of benzene rings is 1. The highest BCUT2D eigenvalue weighted by Gasteiger charge is 2.37. The first-order valence-electron chi connectivity index (χ1n) is 6.58. The van der Waals surface area contributed by atoms with E-state index in [2.05, 4.69) is 4.72 Å². The molecule has 1 aromatic carbocycles. The van der Waals surface area contributed by atoms with Crippen LogP contribution in [0.4, 0.5) is 0 Å². The normalized spacial score (nSPS) is 19.1. The molecule has 2 N–H and O–H groups in total. The molecule has 1 fully saturated rings. The lowest BCUT2D eigenvalue weighted by Crippen LogP contribution is -2.39. The second-order valence-electron chi connectivity index (χ2n) is 5.49. The fourth-order valence-electron chi connectivity index (χ4n) is 2.07. The van der Waals surface area contributed by atoms with E-state index in [9.17, 15) is 13.5 Å². The zero-order chi connectivity index (χ0) is 14.4. The Bertz CT molecular complexity index is 697. The van der Waals surface area contributed by atoms with Crippen molar-refractivity contribution in [3.05, 3.63) is 35.2 Å². The van der Waals surface area contributed by atoms with Crippen LogP contribution in [0.1, 0.15) is 24.6 Å². The summed E-state index contributed by atoms with van der Waals surface area (Å²) in [6.07, 6.45) is 1.45. The van der Waals surface area contributed by atoms with Crippen LogP contribution in [-0.2, 0) is 15.6 Å². The third-order valence-electron chi connectivity index (χ3n) is 3.54. The van der Waals surface area contributed by atoms with Gasteiger partial charge in [0.05, 0.1) is 5.25 Å². The Balaban J connectivity index is 1.80. The summed E-state index contributed by atoms with van der Waals surface area (Å²) in [7, 11) is -3.26. The van der Waals surface area contributed by atoms with E-state index in [0.717, 1.165) is 27.8 Å². The summed E-state index contributed by atoms with van der Waals surface area (Å²) in [5, 5.41) is 11.3. The van der Waals surface area contributed by atoms with Crippen molar-refractivity contribution in [3.63, 3.8) is 0 Å². The molecular formula is C14H17NO3S2. The van der Waals surface area contributed by atoms with Gasteiger partial charge in [0.15, 0.2) is 0 Å². The van der Waals surface area contributed by atoms with Gasteiger partial charge in [-0.1, -0.05) is 18.2 Å². The lowest BCUT2D eigenvalue weighted by atomic mass is 10.1. The first kappa shape index (κ1) is 14.0. The highest BCUT2D eigenvalue weighted by molar-refractivity contribution is 7.90. The second kappa shape index (κ2) is 4.80. The molecule has 0 radical (unpaired) electrons. The number of sulfonamides is 1. The molecule has 1 saturated carbocycles. The zero-order valence-corrected chi connectivity index (χ0v) is 12.8. The van der Waals surface area contributed by atoms with Crippen molar-refractivity contribution in [2.45, 2.75) is 30.6 Å². The van der Waals surface area contributed by atoms with Crippen molar-refractivity contribution < 1.29 is 13.5 Å². The summed E-state index contributed by atoms with van der Waals surface area (Å²) in [6.45, 7) is 1.66. The van der Waals surface area contributed by atoms with E-state index in [1.165, 1.54) is 11.3 Å². The highest BCUT2D eigenvalue weighted by Crippen LogP contribution is 2.33. The fraction of sp³-hybridized carbons (Fsp3) is 0.429. The van der Waals surface area contributed by atoms with Gasteiger partial charge in [0, 0.05) is 16.1 Å². The first-order valence-corrected chi connectivity index (χ1v) is 8.95. The van der Waals surface area contributed by atoms with E-state index in [0.29, 0.717) is 0 Å². The molecule has 1 aliphatic carbocycles. The Labute approximate surface area is 122 Å². The molecule has 2 aromatic rings. The third-order valence-corrected chi connectivity index (χ3v) is 6.80. The largest absolute Gasteiger partial charge is 0.383 e. The van der Waals surface area contributed by atoms with Crippen LogP contribution < -0.4 is 4.72 Å². The van der Waals surface area contributed by atoms with E-state index < -0.39 is 15.6 Å². The van der Waals surface area contributed by atoms with Gasteiger partial charge < -0.3 is 5.11 Å². The number of aliphatic hydroxyl groups is 1. The lowest BCUT2D eigenvalue weighted by Gasteiger charge is -2.22. The second-order valence-corrected chi connectivity index (χ2v) is 8.62. The van der Waals surface area contributed by atoms with Crippen LogP contribution in [0.2, 0.25) is 0 Å². The molecule has 6 heteroatoms. The van der Waals surface area contributed by atoms with Gasteiger partial charge >= 0.3 is 0 Å². The lowest BCUT2D eigenvalue weighted by molar-refractivity contribution is 0.0666. The molecule has 0 aliphatic heterocycles. The van der Waals surface area contributed by atoms with Crippen LogP contribution in [0, 0.1) is 0 Å². The summed E-state index contributed by atoms with van der Waals surface area (Å²) in [5.41, 5.74) is -1.19. The predicted molar refractivity (Wildman–Crippen MR) is 81.3 cm³/mol. The topological polar surface area (TPSA) is 66.4 Å². The van der Waals surface area contributed by atoms with Crippen LogP contribution in [-0.4, -0.2) is 25.3 Å². The number of hydrogen-bond donors (Lipinski definition) is 2. The minimum atomic E-state index is -3.26. The first-order chi connectivity index (χ1) is 9.38. The monoisotopic (exact) mass is 311 g/mol. The van der Waals surface area contributed by atoms with Crippen molar-refractivity contribution >= 4 is 31.4 Å². The maximum absolute atomic E-state index is 11.8. The van der Waals surface area contributed by atoms with Crippen molar-refractivity contribution in [2.24, 2.45) is 0 Å². The van der Waals surface area contributed by atoms with Gasteiger partial charge in [-0.2, -0.15) is 0 Å². The Morgan fingerprint density at radius 2 is 2.10 bits per heavy atom. The van der Waals surface area contributed by atoms with Crippen molar-refractivity contribution in [1.29, 1.82) is 0 Å². The van der Waals surface area contributed by atoms with Crippen LogP contribution in [0.15, 0.2) is 30.3 Å². The van der Waals surface area contributed by atoms with Crippen molar-refractivity contribution in [2.75, 3.05) is 6.54 Å². The van der Waals surface area contributed by atoms with Gasteiger partial charge in [-0.05, 0) is 37.3 Å². The Morgan fingerprint density at radius 3 is 2.75 bits per heavy atom. The molecule has 0 spiro atoms. The molecule has 108 valence electrons. The average molecular weight is 311 g/mol. The molecule has 1 aromatic heterocycles. The Kier molecular flexibility index (Phi) is 3.36. The summed E-state index contributed by atoms with van der Waals surface area (Å²) < 4.78 is 27.3. The van der Waals surface area contributed by atoms with Crippen LogP contribution in [0.5, 0.6) is 0 Å². The van der Waals surface area contributed by atoms with Crippen LogP contribution in [0.25, 0.3) is 10.1 Å². The van der Waals surface area contributed by atoms with E-state index in [-0.39, 0.29) is 11.8 Å². The Morgan fingerprint density at radius 1 is 1.40 bits per heavy atom. The number of nitrogens with one attached hydrogen (secondary N) is 1. The molecule has 20 heavy (non-hydrogen) atoms. The number of hydrogen-bond acceptors (Lipinski definition) is 4. The molecule has 1 atom stereocenters. The van der Waals surface area contributed by atoms with E-state index in [1.807, 2.05) is 30.3 Å². The fourth-order valence-corrected chi connectivity index (χ4v) is 4.65. The van der Waals surface area contributed by atoms with Crippen LogP contribution in [0.3, 0.4) is 0 Å². The zero-order valence-electron chi connectivity index (χ0n) is 11.2. The molecular weight excluding hydrogens is 294 g/mol. The molecule has 3 rings (SSSR count). The van der Waals surface area contributed by atoms with E-state index in [1.54, 1.807) is 6.92 Å². The highest BCUT2D eigenvalue weighted by atomic mass is 32.2. The van der Waals surface area contributed by atoms with Crippen molar-refractivity contribution in [1.82, 2.24) is 4.72 Å². The average Bonchev–Trinajstić information content (AvgIpc) is 3.16. The number of thiophene rings is 1. The maximum atomic E-state index is 11.8. The molecule has 1 aliphatic rings. The predicted octanol–water partition coefficient (Wildman–Crippen LogP) is 2.19. The summed E-state index contributed by atoms with van der Waals surface area (Å²) >= 11 is 1.49. The SMILES string of the molecule is C[C@@](O)(CNS(=O)(=O)C1CC1)c1cc2ccccc2s1. The quantitative estimate of drug-likeness (QED) is 0.889.